The lowest BCUT2D eigenvalue weighted by Crippen LogP contribution is -2.45. The molecule has 1 saturated heterocycles. The maximum atomic E-state index is 12.2. The number of aryl methyl sites for hydroxylation is 1. The number of amides is 2. The smallest absolute Gasteiger partial charge is 0.346 e. The highest BCUT2D eigenvalue weighted by atomic mass is 19.4. The van der Waals surface area contributed by atoms with Crippen LogP contribution >= 0.6 is 0 Å². The largest absolute Gasteiger partial charge is 0.405 e. The van der Waals surface area contributed by atoms with Crippen molar-refractivity contribution in [2.24, 2.45) is 5.92 Å². The summed E-state index contributed by atoms with van der Waals surface area (Å²) in [6.07, 6.45) is 0.0342. The molecule has 0 aromatic carbocycles. The van der Waals surface area contributed by atoms with Gasteiger partial charge in [0.2, 0.25) is 11.8 Å². The van der Waals surface area contributed by atoms with Gasteiger partial charge in [-0.3, -0.25) is 19.2 Å². The Morgan fingerprint density at radius 2 is 2.00 bits per heavy atom. The van der Waals surface area contributed by atoms with Gasteiger partial charge in [-0.2, -0.15) is 18.3 Å². The first-order chi connectivity index (χ1) is 11.8. The van der Waals surface area contributed by atoms with E-state index in [0.29, 0.717) is 38.2 Å². The van der Waals surface area contributed by atoms with Crippen molar-refractivity contribution < 1.29 is 22.8 Å². The van der Waals surface area contributed by atoms with E-state index in [1.165, 1.54) is 0 Å². The van der Waals surface area contributed by atoms with Gasteiger partial charge < -0.3 is 10.6 Å². The second-order valence-corrected chi connectivity index (χ2v) is 6.02. The minimum Gasteiger partial charge on any atom is -0.346 e. The van der Waals surface area contributed by atoms with Crippen LogP contribution in [0, 0.1) is 5.92 Å². The molecule has 1 aromatic rings. The van der Waals surface area contributed by atoms with E-state index in [1.54, 1.807) is 22.0 Å². The topological polar surface area (TPSA) is 79.3 Å². The molecule has 25 heavy (non-hydrogen) atoms. The molecule has 1 fully saturated rings. The molecule has 140 valence electrons. The number of carbonyl (C=O) groups excluding carboxylic acids is 2. The number of aromatic nitrogens is 2. The Labute approximate surface area is 143 Å². The maximum absolute atomic E-state index is 12.2. The fourth-order valence-corrected chi connectivity index (χ4v) is 2.66. The van der Waals surface area contributed by atoms with Crippen molar-refractivity contribution in [1.29, 1.82) is 0 Å². The van der Waals surface area contributed by atoms with Crippen LogP contribution in [-0.4, -0.2) is 58.9 Å². The van der Waals surface area contributed by atoms with Gasteiger partial charge in [-0.1, -0.05) is 0 Å². The van der Waals surface area contributed by atoms with Crippen molar-refractivity contribution >= 4 is 17.5 Å². The molecule has 7 nitrogen and oxygen atoms in total. The van der Waals surface area contributed by atoms with Gasteiger partial charge in [-0.15, -0.1) is 0 Å². The lowest BCUT2D eigenvalue weighted by Gasteiger charge is -2.30. The highest BCUT2D eigenvalue weighted by Crippen LogP contribution is 2.19. The van der Waals surface area contributed by atoms with Crippen molar-refractivity contribution in [3.8, 4) is 0 Å². The molecular formula is C15H22F3N5O2. The van der Waals surface area contributed by atoms with Crippen molar-refractivity contribution in [2.45, 2.75) is 32.5 Å². The van der Waals surface area contributed by atoms with Gasteiger partial charge in [0.1, 0.15) is 6.54 Å². The Balaban J connectivity index is 1.71. The number of carbonyl (C=O) groups is 2. The number of nitrogens with one attached hydrogen (secondary N) is 2. The van der Waals surface area contributed by atoms with Gasteiger partial charge in [0.25, 0.3) is 0 Å². The monoisotopic (exact) mass is 361 g/mol. The number of alkyl halides is 3. The van der Waals surface area contributed by atoms with Crippen molar-refractivity contribution in [1.82, 2.24) is 20.0 Å². The van der Waals surface area contributed by atoms with Crippen LogP contribution in [0.4, 0.5) is 18.9 Å². The van der Waals surface area contributed by atoms with E-state index >= 15 is 0 Å². The van der Waals surface area contributed by atoms with Crippen molar-refractivity contribution in [2.75, 3.05) is 31.5 Å². The molecule has 0 saturated carbocycles. The predicted octanol–water partition coefficient (Wildman–Crippen LogP) is 1.23. The first-order valence-electron chi connectivity index (χ1n) is 8.16. The highest BCUT2D eigenvalue weighted by Gasteiger charge is 2.29. The third kappa shape index (κ3) is 6.37. The number of hydrogen-bond acceptors (Lipinski definition) is 4. The summed E-state index contributed by atoms with van der Waals surface area (Å²) in [5.74, 6) is -0.941. The third-order valence-corrected chi connectivity index (χ3v) is 4.04. The van der Waals surface area contributed by atoms with Gasteiger partial charge in [0, 0.05) is 18.7 Å². The van der Waals surface area contributed by atoms with E-state index in [1.807, 2.05) is 12.2 Å². The Morgan fingerprint density at radius 3 is 2.56 bits per heavy atom. The summed E-state index contributed by atoms with van der Waals surface area (Å²) < 4.78 is 37.9. The second-order valence-electron chi connectivity index (χ2n) is 6.02. The normalized spacial score (nSPS) is 16.6. The summed E-state index contributed by atoms with van der Waals surface area (Å²) in [7, 11) is 0. The van der Waals surface area contributed by atoms with Gasteiger partial charge in [-0.05, 0) is 32.9 Å². The van der Waals surface area contributed by atoms with E-state index < -0.39 is 18.6 Å². The van der Waals surface area contributed by atoms with E-state index in [4.69, 9.17) is 0 Å². The summed E-state index contributed by atoms with van der Waals surface area (Å²) in [4.78, 5) is 25.5. The van der Waals surface area contributed by atoms with Crippen LogP contribution in [0.15, 0.2) is 12.4 Å². The standard InChI is InChI=1S/C15H22F3N5O2/c1-2-23-8-12(7-20-23)21-14(25)11-3-5-22(6-4-11)9-13(24)19-10-15(16,17)18/h7-8,11H,2-6,9-10H2,1H3,(H,19,24)(H,21,25). The van der Waals surface area contributed by atoms with Gasteiger partial charge in [0.05, 0.1) is 18.4 Å². The minimum absolute atomic E-state index is 0.0896. The zero-order valence-electron chi connectivity index (χ0n) is 14.0. The lowest BCUT2D eigenvalue weighted by molar-refractivity contribution is -0.139. The fourth-order valence-electron chi connectivity index (χ4n) is 2.66. The van der Waals surface area contributed by atoms with Crippen LogP contribution in [0.2, 0.25) is 0 Å². The van der Waals surface area contributed by atoms with Crippen molar-refractivity contribution in [3.63, 3.8) is 0 Å². The molecule has 1 aliphatic rings. The summed E-state index contributed by atoms with van der Waals surface area (Å²) in [6, 6.07) is 0. The number of piperidine rings is 1. The lowest BCUT2D eigenvalue weighted by atomic mass is 9.96. The number of hydrogen-bond donors (Lipinski definition) is 2. The van der Waals surface area contributed by atoms with Gasteiger partial charge in [-0.25, -0.2) is 0 Å². The maximum Gasteiger partial charge on any atom is 0.405 e. The first kappa shape index (κ1) is 19.2. The molecule has 0 unspecified atom stereocenters. The molecule has 1 aromatic heterocycles. The molecule has 0 bridgehead atoms. The second kappa shape index (κ2) is 8.32. The Hall–Kier alpha value is -2.10. The van der Waals surface area contributed by atoms with Crippen LogP contribution < -0.4 is 10.6 Å². The van der Waals surface area contributed by atoms with Crippen molar-refractivity contribution in [3.05, 3.63) is 12.4 Å². The number of halogens is 3. The molecule has 2 amide bonds. The van der Waals surface area contributed by atoms with Crippen LogP contribution in [0.1, 0.15) is 19.8 Å². The summed E-state index contributed by atoms with van der Waals surface area (Å²) in [5.41, 5.74) is 0.640. The summed E-state index contributed by atoms with van der Waals surface area (Å²) >= 11 is 0. The quantitative estimate of drug-likeness (QED) is 0.799. The number of rotatable bonds is 6. The minimum atomic E-state index is -4.41. The molecule has 0 aliphatic carbocycles. The van der Waals surface area contributed by atoms with E-state index in [0.717, 1.165) is 0 Å². The van der Waals surface area contributed by atoms with Gasteiger partial charge in [0.15, 0.2) is 0 Å². The molecule has 0 atom stereocenters. The molecule has 0 radical (unpaired) electrons. The molecule has 10 heteroatoms. The summed E-state index contributed by atoms with van der Waals surface area (Å²) in [5, 5.41) is 8.75. The molecule has 0 spiro atoms. The summed E-state index contributed by atoms with van der Waals surface area (Å²) in [6.45, 7) is 2.23. The SMILES string of the molecule is CCn1cc(NC(=O)C2CCN(CC(=O)NCC(F)(F)F)CC2)cn1. The average molecular weight is 361 g/mol. The van der Waals surface area contributed by atoms with Crippen LogP contribution in [0.3, 0.4) is 0 Å². The van der Waals surface area contributed by atoms with Crippen LogP contribution in [0.5, 0.6) is 0 Å². The molecule has 1 aliphatic heterocycles. The predicted molar refractivity (Wildman–Crippen MR) is 84.8 cm³/mol. The van der Waals surface area contributed by atoms with Crippen LogP contribution in [-0.2, 0) is 16.1 Å². The van der Waals surface area contributed by atoms with E-state index in [2.05, 4.69) is 10.4 Å². The van der Waals surface area contributed by atoms with Crippen LogP contribution in [0.25, 0.3) is 0 Å². The zero-order valence-corrected chi connectivity index (χ0v) is 14.0. The average Bonchev–Trinajstić information content (AvgIpc) is 3.00. The fraction of sp³-hybridized carbons (Fsp3) is 0.667. The Bertz CT molecular complexity index is 594. The number of nitrogens with zero attached hydrogens (tertiary/aromatic N) is 3. The van der Waals surface area contributed by atoms with E-state index in [-0.39, 0.29) is 18.4 Å². The number of anilines is 1. The molecule has 2 N–H and O–H groups in total. The Kier molecular flexibility index (Phi) is 6.40. The molecule has 2 heterocycles. The third-order valence-electron chi connectivity index (χ3n) is 4.04. The first-order valence-corrected chi connectivity index (χ1v) is 8.16. The van der Waals surface area contributed by atoms with Gasteiger partial charge >= 0.3 is 6.18 Å². The number of likely N-dealkylation sites (tertiary alicyclic amines) is 1. The molecule has 2 rings (SSSR count). The molecular weight excluding hydrogens is 339 g/mol. The Morgan fingerprint density at radius 1 is 1.32 bits per heavy atom. The van der Waals surface area contributed by atoms with E-state index in [9.17, 15) is 22.8 Å². The zero-order chi connectivity index (χ0) is 18.4. The highest BCUT2D eigenvalue weighted by molar-refractivity contribution is 5.92.